The van der Waals surface area contributed by atoms with E-state index >= 15 is 0 Å². The van der Waals surface area contributed by atoms with Crippen molar-refractivity contribution in [2.75, 3.05) is 0 Å². The van der Waals surface area contributed by atoms with Gasteiger partial charge in [-0.1, -0.05) is 312 Å². The van der Waals surface area contributed by atoms with Crippen molar-refractivity contribution in [3.05, 3.63) is 0 Å². The van der Waals surface area contributed by atoms with Crippen LogP contribution in [0.4, 0.5) is 0 Å². The fourth-order valence-electron chi connectivity index (χ4n) is 9.44. The van der Waals surface area contributed by atoms with Crippen molar-refractivity contribution in [1.82, 2.24) is 0 Å². The summed E-state index contributed by atoms with van der Waals surface area (Å²) < 4.78 is 0. The molecule has 0 spiro atoms. The van der Waals surface area contributed by atoms with E-state index in [-0.39, 0.29) is 0 Å². The molecule has 0 radical (unpaired) electrons. The third-order valence-corrected chi connectivity index (χ3v) is 15.3. The average molecular weight is 848 g/mol. The van der Waals surface area contributed by atoms with E-state index in [4.69, 9.17) is 0 Å². The zero-order chi connectivity index (χ0) is 43.4. The molecule has 2 unspecified atom stereocenters. The molecule has 0 aliphatic carbocycles. The zero-order valence-corrected chi connectivity index (χ0v) is 43.9. The van der Waals surface area contributed by atoms with E-state index in [1.54, 1.807) is 0 Å². The smallest absolute Gasteiger partial charge is 0.00498 e. The molecule has 356 valence electrons. The maximum Gasteiger partial charge on any atom is 0.00498 e. The Morgan fingerprint density at radius 2 is 0.407 bits per heavy atom. The lowest BCUT2D eigenvalue weighted by atomic mass is 9.89. The summed E-state index contributed by atoms with van der Waals surface area (Å²) in [7, 11) is 0. The molecule has 0 saturated heterocycles. The molecule has 0 rings (SSSR count). The first-order chi connectivity index (χ1) is 28.6. The largest absolute Gasteiger partial charge is 0.155 e. The monoisotopic (exact) mass is 847 g/mol. The lowest BCUT2D eigenvalue weighted by Crippen LogP contribution is -2.12. The third-order valence-electron chi connectivity index (χ3n) is 13.5. The first kappa shape index (κ1) is 59.4. The summed E-state index contributed by atoms with van der Waals surface area (Å²) >= 11 is 2.51. The molecule has 0 bridgehead atoms. The molecule has 0 amide bonds. The fourth-order valence-corrected chi connectivity index (χ4v) is 11.2. The second kappa shape index (κ2) is 44.9. The molecule has 0 aromatic carbocycles. The Morgan fingerprint density at radius 3 is 0.593 bits per heavy atom. The van der Waals surface area contributed by atoms with E-state index in [1.165, 1.54) is 295 Å². The van der Waals surface area contributed by atoms with Crippen LogP contribution in [0.2, 0.25) is 0 Å². The van der Waals surface area contributed by atoms with E-state index in [0.717, 1.165) is 10.5 Å². The highest BCUT2D eigenvalue weighted by molar-refractivity contribution is 8.00. The van der Waals surface area contributed by atoms with Crippen LogP contribution in [0.5, 0.6) is 0 Å². The van der Waals surface area contributed by atoms with Crippen LogP contribution in [-0.4, -0.2) is 10.5 Å². The van der Waals surface area contributed by atoms with Gasteiger partial charge in [-0.3, -0.25) is 0 Å². The highest BCUT2D eigenvalue weighted by Gasteiger charge is 2.18. The van der Waals surface area contributed by atoms with Gasteiger partial charge in [0, 0.05) is 10.5 Å². The zero-order valence-electron chi connectivity index (χ0n) is 43.1. The van der Waals surface area contributed by atoms with Crippen molar-refractivity contribution < 1.29 is 0 Å². The summed E-state index contributed by atoms with van der Waals surface area (Å²) in [4.78, 5) is 0. The van der Waals surface area contributed by atoms with Crippen LogP contribution in [0.1, 0.15) is 351 Å². The Labute approximate surface area is 382 Å². The molecular weight excluding hydrogens is 729 g/mol. The van der Waals surface area contributed by atoms with Gasteiger partial charge >= 0.3 is 0 Å². The lowest BCUT2D eigenvalue weighted by Gasteiger charge is -2.24. The molecule has 0 aliphatic rings. The van der Waals surface area contributed by atoms with Crippen molar-refractivity contribution in [2.24, 2.45) is 10.8 Å². The number of thioether (sulfide) groups is 1. The van der Waals surface area contributed by atoms with Gasteiger partial charge in [-0.05, 0) is 49.4 Å². The minimum atomic E-state index is 0.507. The van der Waals surface area contributed by atoms with Crippen LogP contribution in [0.15, 0.2) is 0 Å². The maximum absolute atomic E-state index is 2.51. The Bertz CT molecular complexity index is 707. The van der Waals surface area contributed by atoms with Crippen molar-refractivity contribution in [3.63, 3.8) is 0 Å². The number of rotatable bonds is 48. The first-order valence-corrected chi connectivity index (χ1v) is 29.2. The summed E-state index contributed by atoms with van der Waals surface area (Å²) in [6, 6.07) is 0. The summed E-state index contributed by atoms with van der Waals surface area (Å²) in [5.74, 6) is 0. The van der Waals surface area contributed by atoms with Gasteiger partial charge in [0.15, 0.2) is 0 Å². The minimum Gasteiger partial charge on any atom is -0.155 e. The van der Waals surface area contributed by atoms with Crippen LogP contribution in [0, 0.1) is 10.8 Å². The number of unbranched alkanes of at least 4 members (excludes halogenated alkanes) is 36. The molecule has 0 aliphatic heterocycles. The van der Waals surface area contributed by atoms with Crippen molar-refractivity contribution >= 4 is 11.8 Å². The van der Waals surface area contributed by atoms with Gasteiger partial charge in [0.05, 0.1) is 0 Å². The normalized spacial score (nSPS) is 13.4. The summed E-state index contributed by atoms with van der Waals surface area (Å²) in [6.07, 6.45) is 67.5. The van der Waals surface area contributed by atoms with E-state index in [9.17, 15) is 0 Å². The van der Waals surface area contributed by atoms with Crippen molar-refractivity contribution in [2.45, 2.75) is 361 Å². The quantitative estimate of drug-likeness (QED) is 0.0550. The molecule has 0 heterocycles. The summed E-state index contributed by atoms with van der Waals surface area (Å²) in [5, 5.41) is 1.84. The maximum atomic E-state index is 2.51. The molecule has 0 N–H and O–H groups in total. The van der Waals surface area contributed by atoms with E-state index in [2.05, 4.69) is 67.2 Å². The Hall–Kier alpha value is 0.350. The van der Waals surface area contributed by atoms with Crippen molar-refractivity contribution in [3.8, 4) is 0 Å². The summed E-state index contributed by atoms with van der Waals surface area (Å²) in [6.45, 7) is 19.1. The average Bonchev–Trinajstić information content (AvgIpc) is 3.18. The van der Waals surface area contributed by atoms with Gasteiger partial charge in [0.1, 0.15) is 0 Å². The van der Waals surface area contributed by atoms with Gasteiger partial charge in [0.25, 0.3) is 0 Å². The predicted octanol–water partition coefficient (Wildman–Crippen LogP) is 22.5. The number of hydrogen-bond donors (Lipinski definition) is 0. The first-order valence-electron chi connectivity index (χ1n) is 28.2. The van der Waals surface area contributed by atoms with Gasteiger partial charge < -0.3 is 0 Å². The Kier molecular flexibility index (Phi) is 45.2. The van der Waals surface area contributed by atoms with Gasteiger partial charge in [0.2, 0.25) is 0 Å². The van der Waals surface area contributed by atoms with Crippen LogP contribution >= 0.6 is 11.8 Å². The van der Waals surface area contributed by atoms with Crippen LogP contribution in [0.3, 0.4) is 0 Å². The molecule has 1 heteroatoms. The van der Waals surface area contributed by atoms with Gasteiger partial charge in [-0.15, -0.1) is 0 Å². The number of hydrogen-bond acceptors (Lipinski definition) is 1. The van der Waals surface area contributed by atoms with Crippen LogP contribution in [0.25, 0.3) is 0 Å². The van der Waals surface area contributed by atoms with Crippen LogP contribution in [-0.2, 0) is 0 Å². The van der Waals surface area contributed by atoms with E-state index in [1.807, 2.05) is 0 Å². The highest BCUT2D eigenvalue weighted by Crippen LogP contribution is 2.34. The molecule has 59 heavy (non-hydrogen) atoms. The molecule has 0 aromatic heterocycles. The highest BCUT2D eigenvalue weighted by atomic mass is 32.2. The van der Waals surface area contributed by atoms with Crippen molar-refractivity contribution in [1.29, 1.82) is 0 Å². The third kappa shape index (κ3) is 50.9. The molecular formula is C58H118S. The Balaban J connectivity index is 4.81. The molecule has 0 aromatic rings. The molecule has 0 saturated carbocycles. The lowest BCUT2D eigenvalue weighted by molar-refractivity contribution is 0.356. The van der Waals surface area contributed by atoms with E-state index in [0.29, 0.717) is 10.8 Å². The Morgan fingerprint density at radius 1 is 0.237 bits per heavy atom. The minimum absolute atomic E-state index is 0.507. The van der Waals surface area contributed by atoms with E-state index < -0.39 is 0 Å². The SMILES string of the molecule is CCCCCCCCCCCCCCCCC(CCCCCCCCC(C)(C)C)SC(CCCCCCCCCCCCCCCC)CCCCCCCCC(C)(C)C. The molecule has 0 nitrogen and oxygen atoms in total. The standard InChI is InChI=1S/C58H118S/c1-9-11-13-15-17-19-21-23-25-27-29-31-37-43-49-55(51-45-39-33-35-41-47-53-57(3,4)5)59-56(52-46-40-34-36-42-48-54-58(6,7)8)50-44-38-32-30-28-26-24-22-20-18-16-14-12-10-2/h55-56H,9-54H2,1-8H3. The van der Waals surface area contributed by atoms with Crippen LogP contribution < -0.4 is 0 Å². The predicted molar refractivity (Wildman–Crippen MR) is 278 cm³/mol. The topological polar surface area (TPSA) is 0 Å². The molecule has 0 fully saturated rings. The second-order valence-electron chi connectivity index (χ2n) is 22.6. The fraction of sp³-hybridized carbons (Fsp3) is 1.00. The summed E-state index contributed by atoms with van der Waals surface area (Å²) in [5.41, 5.74) is 1.01. The van der Waals surface area contributed by atoms with Gasteiger partial charge in [-0.25, -0.2) is 0 Å². The van der Waals surface area contributed by atoms with Gasteiger partial charge in [-0.2, -0.15) is 11.8 Å². The second-order valence-corrected chi connectivity index (χ2v) is 24.2. The molecule has 2 atom stereocenters.